The molecule has 2 rings (SSSR count). The van der Waals surface area contributed by atoms with Crippen molar-refractivity contribution in [1.82, 2.24) is 15.1 Å². The van der Waals surface area contributed by atoms with Crippen LogP contribution in [0.5, 0.6) is 0 Å². The Balaban J connectivity index is 2.15. The molecule has 2 aromatic rings. The molecule has 0 bridgehead atoms. The van der Waals surface area contributed by atoms with E-state index in [0.29, 0.717) is 29.7 Å². The summed E-state index contributed by atoms with van der Waals surface area (Å²) in [5, 5.41) is 8.08. The molecule has 1 aromatic carbocycles. The molecule has 0 radical (unpaired) electrons. The maximum Gasteiger partial charge on any atom is 0.128 e. The third-order valence-electron chi connectivity index (χ3n) is 2.82. The molecule has 0 unspecified atom stereocenters. The van der Waals surface area contributed by atoms with E-state index in [9.17, 15) is 4.39 Å². The van der Waals surface area contributed by atoms with Crippen LogP contribution in [0.15, 0.2) is 30.5 Å². The van der Waals surface area contributed by atoms with Gasteiger partial charge in [-0.15, -0.1) is 0 Å². The first-order valence-electron chi connectivity index (χ1n) is 6.24. The molecule has 1 heterocycles. The fourth-order valence-electron chi connectivity index (χ4n) is 1.79. The van der Waals surface area contributed by atoms with Gasteiger partial charge < -0.3 is 5.32 Å². The summed E-state index contributed by atoms with van der Waals surface area (Å²) in [5.41, 5.74) is 1.56. The Bertz CT molecular complexity index is 551. The van der Waals surface area contributed by atoms with Gasteiger partial charge in [0.2, 0.25) is 0 Å². The number of benzene rings is 1. The molecule has 0 aliphatic carbocycles. The van der Waals surface area contributed by atoms with Crippen molar-refractivity contribution >= 4 is 11.6 Å². The van der Waals surface area contributed by atoms with Crippen molar-refractivity contribution in [3.63, 3.8) is 0 Å². The highest BCUT2D eigenvalue weighted by Crippen LogP contribution is 2.16. The lowest BCUT2D eigenvalue weighted by molar-refractivity contribution is 0.536. The number of nitrogens with one attached hydrogen (secondary N) is 1. The minimum absolute atomic E-state index is 0.261. The fraction of sp³-hybridized carbons (Fsp3) is 0.357. The first-order chi connectivity index (χ1) is 9.06. The zero-order valence-electron chi connectivity index (χ0n) is 11.0. The maximum atomic E-state index is 13.7. The minimum atomic E-state index is -0.261. The van der Waals surface area contributed by atoms with Crippen LogP contribution in [0.1, 0.15) is 25.1 Å². The van der Waals surface area contributed by atoms with Gasteiger partial charge in [-0.1, -0.05) is 25.4 Å². The molecule has 102 valence electrons. The van der Waals surface area contributed by atoms with E-state index in [1.807, 2.05) is 6.07 Å². The number of halogens is 2. The van der Waals surface area contributed by atoms with Crippen LogP contribution in [0.25, 0.3) is 0 Å². The zero-order chi connectivity index (χ0) is 13.8. The molecule has 0 spiro atoms. The molecule has 1 aromatic heterocycles. The van der Waals surface area contributed by atoms with E-state index in [1.165, 1.54) is 6.07 Å². The molecule has 0 fully saturated rings. The SMILES string of the molecule is CC(C)NCc1ccnn1Cc1cc(Cl)ccc1F. The maximum absolute atomic E-state index is 13.7. The van der Waals surface area contributed by atoms with Crippen LogP contribution in [0.4, 0.5) is 4.39 Å². The second-order valence-corrected chi connectivity index (χ2v) is 5.19. The highest BCUT2D eigenvalue weighted by molar-refractivity contribution is 6.30. The molecule has 0 saturated carbocycles. The molecule has 19 heavy (non-hydrogen) atoms. The number of nitrogens with zero attached hydrogens (tertiary/aromatic N) is 2. The summed E-state index contributed by atoms with van der Waals surface area (Å²) >= 11 is 5.89. The Morgan fingerprint density at radius 2 is 2.16 bits per heavy atom. The van der Waals surface area contributed by atoms with E-state index in [1.54, 1.807) is 23.0 Å². The van der Waals surface area contributed by atoms with Gasteiger partial charge in [0.05, 0.1) is 12.2 Å². The standard InChI is InChI=1S/C14H17ClFN3/c1-10(2)17-8-13-5-6-18-19(13)9-11-7-12(15)3-4-14(11)16/h3-7,10,17H,8-9H2,1-2H3. The minimum Gasteiger partial charge on any atom is -0.309 e. The molecule has 0 aliphatic heterocycles. The van der Waals surface area contributed by atoms with Crippen molar-refractivity contribution in [2.45, 2.75) is 33.0 Å². The molecule has 1 N–H and O–H groups in total. The third-order valence-corrected chi connectivity index (χ3v) is 3.06. The monoisotopic (exact) mass is 281 g/mol. The van der Waals surface area contributed by atoms with Crippen LogP contribution in [-0.4, -0.2) is 15.8 Å². The van der Waals surface area contributed by atoms with Gasteiger partial charge in [0.25, 0.3) is 0 Å². The lowest BCUT2D eigenvalue weighted by Crippen LogP contribution is -2.24. The van der Waals surface area contributed by atoms with E-state index < -0.39 is 0 Å². The van der Waals surface area contributed by atoms with Crippen LogP contribution in [0.3, 0.4) is 0 Å². The summed E-state index contributed by atoms with van der Waals surface area (Å²) in [6.45, 7) is 5.25. The summed E-state index contributed by atoms with van der Waals surface area (Å²) in [6.07, 6.45) is 1.72. The average Bonchev–Trinajstić information content (AvgIpc) is 2.79. The van der Waals surface area contributed by atoms with E-state index in [0.717, 1.165) is 5.69 Å². The molecule has 5 heteroatoms. The van der Waals surface area contributed by atoms with Crippen LogP contribution < -0.4 is 5.32 Å². The van der Waals surface area contributed by atoms with Gasteiger partial charge in [0, 0.05) is 29.4 Å². The van der Waals surface area contributed by atoms with Gasteiger partial charge in [0.15, 0.2) is 0 Å². The average molecular weight is 282 g/mol. The normalized spacial score (nSPS) is 11.2. The number of rotatable bonds is 5. The predicted molar refractivity (Wildman–Crippen MR) is 74.7 cm³/mol. The van der Waals surface area contributed by atoms with Crippen molar-refractivity contribution in [2.75, 3.05) is 0 Å². The van der Waals surface area contributed by atoms with Gasteiger partial charge in [-0.3, -0.25) is 4.68 Å². The van der Waals surface area contributed by atoms with Gasteiger partial charge in [-0.2, -0.15) is 5.10 Å². The highest BCUT2D eigenvalue weighted by Gasteiger charge is 2.08. The van der Waals surface area contributed by atoms with E-state index in [4.69, 9.17) is 11.6 Å². The summed E-state index contributed by atoms with van der Waals surface area (Å²) in [7, 11) is 0. The van der Waals surface area contributed by atoms with Gasteiger partial charge in [0.1, 0.15) is 5.82 Å². The second kappa shape index (κ2) is 6.17. The number of hydrogen-bond acceptors (Lipinski definition) is 2. The Hall–Kier alpha value is -1.39. The Kier molecular flexibility index (Phi) is 4.56. The van der Waals surface area contributed by atoms with Crippen molar-refractivity contribution in [3.05, 3.63) is 52.6 Å². The first-order valence-corrected chi connectivity index (χ1v) is 6.62. The molecule has 0 saturated heterocycles. The lowest BCUT2D eigenvalue weighted by Gasteiger charge is -2.11. The van der Waals surface area contributed by atoms with Crippen molar-refractivity contribution in [3.8, 4) is 0 Å². The van der Waals surface area contributed by atoms with Crippen LogP contribution in [0.2, 0.25) is 5.02 Å². The summed E-state index contributed by atoms with van der Waals surface area (Å²) in [6, 6.07) is 6.89. The van der Waals surface area contributed by atoms with Crippen molar-refractivity contribution in [1.29, 1.82) is 0 Å². The highest BCUT2D eigenvalue weighted by atomic mass is 35.5. The third kappa shape index (κ3) is 3.78. The first kappa shape index (κ1) is 14.0. The summed E-state index contributed by atoms with van der Waals surface area (Å²) in [4.78, 5) is 0. The van der Waals surface area contributed by atoms with Crippen LogP contribution in [0, 0.1) is 5.82 Å². The number of aromatic nitrogens is 2. The van der Waals surface area contributed by atoms with Gasteiger partial charge >= 0.3 is 0 Å². The molecule has 0 amide bonds. The van der Waals surface area contributed by atoms with Crippen LogP contribution in [-0.2, 0) is 13.1 Å². The van der Waals surface area contributed by atoms with E-state index in [-0.39, 0.29) is 5.82 Å². The van der Waals surface area contributed by atoms with E-state index >= 15 is 0 Å². The molecule has 0 aliphatic rings. The van der Waals surface area contributed by atoms with E-state index in [2.05, 4.69) is 24.3 Å². The second-order valence-electron chi connectivity index (χ2n) is 4.75. The fourth-order valence-corrected chi connectivity index (χ4v) is 1.98. The zero-order valence-corrected chi connectivity index (χ0v) is 11.8. The summed E-state index contributed by atoms with van der Waals surface area (Å²) < 4.78 is 15.5. The molecule has 0 atom stereocenters. The molecular formula is C14H17ClFN3. The quantitative estimate of drug-likeness (QED) is 0.912. The molecular weight excluding hydrogens is 265 g/mol. The smallest absolute Gasteiger partial charge is 0.128 e. The van der Waals surface area contributed by atoms with Crippen molar-refractivity contribution < 1.29 is 4.39 Å². The molecule has 3 nitrogen and oxygen atoms in total. The lowest BCUT2D eigenvalue weighted by atomic mass is 10.2. The number of hydrogen-bond donors (Lipinski definition) is 1. The Morgan fingerprint density at radius 3 is 2.89 bits per heavy atom. The van der Waals surface area contributed by atoms with Crippen molar-refractivity contribution in [2.24, 2.45) is 0 Å². The van der Waals surface area contributed by atoms with Gasteiger partial charge in [-0.25, -0.2) is 4.39 Å². The largest absolute Gasteiger partial charge is 0.309 e. The topological polar surface area (TPSA) is 29.9 Å². The summed E-state index contributed by atoms with van der Waals surface area (Å²) in [5.74, 6) is -0.261. The van der Waals surface area contributed by atoms with Gasteiger partial charge in [-0.05, 0) is 24.3 Å². The Morgan fingerprint density at radius 1 is 1.37 bits per heavy atom. The Labute approximate surface area is 117 Å². The predicted octanol–water partition coefficient (Wildman–Crippen LogP) is 3.22. The van der Waals surface area contributed by atoms with Crippen LogP contribution >= 0.6 is 11.6 Å².